The first-order chi connectivity index (χ1) is 13.8. The summed E-state index contributed by atoms with van der Waals surface area (Å²) in [5.41, 5.74) is 6.78. The van der Waals surface area contributed by atoms with Gasteiger partial charge in [0.05, 0.1) is 5.52 Å². The van der Waals surface area contributed by atoms with Crippen LogP contribution in [0.3, 0.4) is 0 Å². The Morgan fingerprint density at radius 3 is 2.28 bits per heavy atom. The fourth-order valence-corrected chi connectivity index (χ4v) is 3.71. The monoisotopic (exact) mass is 386 g/mol. The van der Waals surface area contributed by atoms with E-state index in [1.54, 1.807) is 12.1 Å². The van der Waals surface area contributed by atoms with Gasteiger partial charge in [-0.1, -0.05) is 11.6 Å². The molecule has 0 spiro atoms. The molecule has 2 heterocycles. The van der Waals surface area contributed by atoms with Crippen molar-refractivity contribution in [2.24, 2.45) is 10.2 Å². The highest BCUT2D eigenvalue weighted by Crippen LogP contribution is 2.37. The minimum Gasteiger partial charge on any atom is -0.493 e. The molecule has 0 bridgehead atoms. The molecule has 0 saturated carbocycles. The molecule has 146 valence electrons. The second-order valence-corrected chi connectivity index (χ2v) is 7.33. The van der Waals surface area contributed by atoms with Crippen LogP contribution in [0.5, 0.6) is 5.88 Å². The van der Waals surface area contributed by atoms with E-state index < -0.39 is 5.91 Å². The molecule has 6 nitrogen and oxygen atoms in total. The fourth-order valence-electron chi connectivity index (χ4n) is 3.71. The molecule has 2 aromatic carbocycles. The first-order valence-corrected chi connectivity index (χ1v) is 9.38. The van der Waals surface area contributed by atoms with Gasteiger partial charge < -0.3 is 14.7 Å². The molecule has 2 aromatic heterocycles. The number of aromatic amines is 1. The molecule has 6 heteroatoms. The maximum absolute atomic E-state index is 12.5. The number of fused-ring (bicyclic) bond motifs is 1. The molecule has 1 amide bonds. The van der Waals surface area contributed by atoms with Crippen molar-refractivity contribution in [1.29, 1.82) is 0 Å². The van der Waals surface area contributed by atoms with Crippen molar-refractivity contribution < 1.29 is 9.90 Å². The van der Waals surface area contributed by atoms with Crippen LogP contribution in [-0.4, -0.2) is 20.6 Å². The highest BCUT2D eigenvalue weighted by molar-refractivity contribution is 5.98. The molecular weight excluding hydrogens is 364 g/mol. The van der Waals surface area contributed by atoms with E-state index in [-0.39, 0.29) is 11.6 Å². The third kappa shape index (κ3) is 3.33. The molecule has 29 heavy (non-hydrogen) atoms. The third-order valence-electron chi connectivity index (χ3n) is 5.09. The van der Waals surface area contributed by atoms with Crippen LogP contribution >= 0.6 is 0 Å². The number of hydrogen-bond acceptors (Lipinski definition) is 3. The first-order valence-electron chi connectivity index (χ1n) is 9.38. The summed E-state index contributed by atoms with van der Waals surface area (Å²) in [5, 5.41) is 18.8. The van der Waals surface area contributed by atoms with E-state index in [0.717, 1.165) is 39.1 Å². The van der Waals surface area contributed by atoms with Gasteiger partial charge in [0.2, 0.25) is 5.88 Å². The van der Waals surface area contributed by atoms with Crippen molar-refractivity contribution in [2.75, 3.05) is 0 Å². The van der Waals surface area contributed by atoms with Crippen molar-refractivity contribution in [3.05, 3.63) is 76.6 Å². The van der Waals surface area contributed by atoms with Gasteiger partial charge in [0, 0.05) is 28.0 Å². The van der Waals surface area contributed by atoms with Crippen LogP contribution < -0.4 is 0 Å². The maximum atomic E-state index is 12.5. The Labute approximate surface area is 168 Å². The zero-order valence-corrected chi connectivity index (χ0v) is 16.8. The van der Waals surface area contributed by atoms with E-state index in [4.69, 9.17) is 0 Å². The smallest absolute Gasteiger partial charge is 0.295 e. The number of carbonyl (C=O) groups excluding carboxylic acids is 1. The highest BCUT2D eigenvalue weighted by atomic mass is 16.3. The van der Waals surface area contributed by atoms with Crippen LogP contribution in [0.25, 0.3) is 16.6 Å². The lowest BCUT2D eigenvalue weighted by Gasteiger charge is -2.09. The number of hydrogen-bond donors (Lipinski definition) is 2. The van der Waals surface area contributed by atoms with Crippen molar-refractivity contribution in [3.8, 4) is 11.6 Å². The molecular formula is C23H22N4O2. The number of amides is 1. The zero-order valence-electron chi connectivity index (χ0n) is 16.8. The quantitative estimate of drug-likeness (QED) is 0.435. The molecule has 2 N–H and O–H groups in total. The number of azo groups is 1. The lowest BCUT2D eigenvalue weighted by atomic mass is 10.1. The predicted octanol–water partition coefficient (Wildman–Crippen LogP) is 5.82. The number of carbonyl (C=O) groups is 1. The van der Waals surface area contributed by atoms with Crippen LogP contribution in [0.4, 0.5) is 5.69 Å². The fraction of sp³-hybridized carbons (Fsp3) is 0.174. The average molecular weight is 386 g/mol. The Morgan fingerprint density at radius 1 is 0.966 bits per heavy atom. The van der Waals surface area contributed by atoms with Gasteiger partial charge in [-0.25, -0.2) is 0 Å². The Hall–Kier alpha value is -3.67. The van der Waals surface area contributed by atoms with Crippen LogP contribution in [0.2, 0.25) is 0 Å². The number of aromatic nitrogens is 2. The van der Waals surface area contributed by atoms with Gasteiger partial charge in [-0.15, -0.1) is 10.2 Å². The number of rotatable bonds is 3. The molecule has 0 radical (unpaired) electrons. The second kappa shape index (κ2) is 7.05. The largest absolute Gasteiger partial charge is 0.493 e. The Morgan fingerprint density at radius 2 is 1.62 bits per heavy atom. The average Bonchev–Trinajstić information content (AvgIpc) is 3.18. The number of H-pyrrole nitrogens is 1. The van der Waals surface area contributed by atoms with E-state index in [2.05, 4.69) is 31.9 Å². The van der Waals surface area contributed by atoms with Gasteiger partial charge in [-0.2, -0.15) is 0 Å². The van der Waals surface area contributed by atoms with Crippen molar-refractivity contribution >= 4 is 22.5 Å². The number of aromatic hydroxyl groups is 1. The predicted molar refractivity (Wildman–Crippen MR) is 114 cm³/mol. The first kappa shape index (κ1) is 18.7. The maximum Gasteiger partial charge on any atom is 0.295 e. The summed E-state index contributed by atoms with van der Waals surface area (Å²) in [6.45, 7) is 8.00. The van der Waals surface area contributed by atoms with Gasteiger partial charge in [-0.3, -0.25) is 4.79 Å². The van der Waals surface area contributed by atoms with Gasteiger partial charge in [0.1, 0.15) is 0 Å². The highest BCUT2D eigenvalue weighted by Gasteiger charge is 2.14. The Kier molecular flexibility index (Phi) is 4.54. The molecule has 0 aliphatic carbocycles. The van der Waals surface area contributed by atoms with E-state index in [9.17, 15) is 9.90 Å². The Balaban J connectivity index is 1.63. The molecule has 0 saturated heterocycles. The third-order valence-corrected chi connectivity index (χ3v) is 5.09. The molecule has 0 unspecified atom stereocenters. The van der Waals surface area contributed by atoms with Crippen LogP contribution in [-0.2, 0) is 0 Å². The summed E-state index contributed by atoms with van der Waals surface area (Å²) in [5.74, 6) is -0.560. The summed E-state index contributed by atoms with van der Waals surface area (Å²) < 4.78 is 2.12. The van der Waals surface area contributed by atoms with Crippen molar-refractivity contribution in [3.63, 3.8) is 0 Å². The lowest BCUT2D eigenvalue weighted by Crippen LogP contribution is -2.00. The van der Waals surface area contributed by atoms with Gasteiger partial charge in [0.25, 0.3) is 5.91 Å². The summed E-state index contributed by atoms with van der Waals surface area (Å²) in [6, 6.07) is 15.3. The van der Waals surface area contributed by atoms with E-state index in [1.165, 1.54) is 0 Å². The molecule has 0 atom stereocenters. The molecule has 0 aliphatic rings. The summed E-state index contributed by atoms with van der Waals surface area (Å²) in [6.07, 6.45) is 0. The normalized spacial score (nSPS) is 11.6. The minimum absolute atomic E-state index is 0.0980. The van der Waals surface area contributed by atoms with E-state index >= 15 is 0 Å². The van der Waals surface area contributed by atoms with E-state index in [1.807, 2.05) is 52.0 Å². The van der Waals surface area contributed by atoms with Crippen molar-refractivity contribution in [2.45, 2.75) is 27.7 Å². The second-order valence-electron chi connectivity index (χ2n) is 7.33. The van der Waals surface area contributed by atoms with Crippen LogP contribution in [0, 0.1) is 27.7 Å². The number of nitrogens with one attached hydrogen (secondary N) is 1. The standard InChI is InChI=1S/C23H22N4O2/c1-13-11-14(2)20-19(12-13)21(23(29)24-20)25-26-22(28)17-7-9-18(10-8-17)27-15(3)5-6-16(27)4/h5-12,24,29H,1-4H3. The van der Waals surface area contributed by atoms with Crippen LogP contribution in [0.1, 0.15) is 32.9 Å². The summed E-state index contributed by atoms with van der Waals surface area (Å²) in [7, 11) is 0. The van der Waals surface area contributed by atoms with Gasteiger partial charge >= 0.3 is 0 Å². The zero-order chi connectivity index (χ0) is 20.7. The summed E-state index contributed by atoms with van der Waals surface area (Å²) >= 11 is 0. The number of aryl methyl sites for hydroxylation is 4. The van der Waals surface area contributed by atoms with E-state index in [0.29, 0.717) is 5.56 Å². The number of nitrogens with zero attached hydrogens (tertiary/aromatic N) is 3. The SMILES string of the molecule is Cc1cc(C)c2[nH]c(O)c(N=NC(=O)c3ccc(-n4c(C)ccc4C)cc3)c2c1. The topological polar surface area (TPSA) is 82.7 Å². The molecule has 4 rings (SSSR count). The van der Waals surface area contributed by atoms with Crippen molar-refractivity contribution in [1.82, 2.24) is 9.55 Å². The molecule has 4 aromatic rings. The molecule has 0 aliphatic heterocycles. The van der Waals surface area contributed by atoms with Gasteiger partial charge in [0.15, 0.2) is 5.69 Å². The lowest BCUT2D eigenvalue weighted by molar-refractivity contribution is 0.0995. The minimum atomic E-state index is -0.462. The number of benzene rings is 2. The van der Waals surface area contributed by atoms with Gasteiger partial charge in [-0.05, 0) is 75.7 Å². The van der Waals surface area contributed by atoms with Crippen LogP contribution in [0.15, 0.2) is 58.8 Å². The molecule has 0 fully saturated rings. The Bertz CT molecular complexity index is 1240. The summed E-state index contributed by atoms with van der Waals surface area (Å²) in [4.78, 5) is 15.4.